The molecule has 0 aliphatic heterocycles. The van der Waals surface area contributed by atoms with Crippen LogP contribution in [0.2, 0.25) is 0 Å². The average molecular weight is 238 g/mol. The Bertz CT molecular complexity index is 303. The van der Waals surface area contributed by atoms with Gasteiger partial charge in [-0.25, -0.2) is 9.55 Å². The van der Waals surface area contributed by atoms with E-state index >= 15 is 0 Å². The first-order valence-corrected chi connectivity index (χ1v) is 4.94. The van der Waals surface area contributed by atoms with Gasteiger partial charge in [0.1, 0.15) is 6.20 Å². The van der Waals surface area contributed by atoms with Crippen molar-refractivity contribution in [1.82, 2.24) is 4.98 Å². The topological polar surface area (TPSA) is 19.7 Å². The molecule has 0 fully saturated rings. The minimum atomic E-state index is -6.00. The van der Waals surface area contributed by atoms with E-state index in [9.17, 15) is 17.3 Å². The van der Waals surface area contributed by atoms with Crippen molar-refractivity contribution in [2.24, 2.45) is 0 Å². The van der Waals surface area contributed by atoms with Gasteiger partial charge in [0.05, 0.1) is 6.54 Å². The highest BCUT2D eigenvalue weighted by atomic mass is 19.5. The normalized spacial score (nSPS) is 10.6. The van der Waals surface area contributed by atoms with Crippen LogP contribution in [0, 0.1) is 0 Å². The summed E-state index contributed by atoms with van der Waals surface area (Å²) >= 11 is 0. The van der Waals surface area contributed by atoms with E-state index in [1.54, 1.807) is 0 Å². The summed E-state index contributed by atoms with van der Waals surface area (Å²) in [4.78, 5) is 3.11. The molecule has 1 N–H and O–H groups in total. The maximum absolute atomic E-state index is 9.75. The molecule has 0 aliphatic carbocycles. The summed E-state index contributed by atoms with van der Waals surface area (Å²) in [5, 5.41) is 0. The predicted octanol–water partition coefficient (Wildman–Crippen LogP) is 3.05. The van der Waals surface area contributed by atoms with Gasteiger partial charge in [0, 0.05) is 0 Å². The number of rotatable bonds is 4. The molecule has 1 aromatic heterocycles. The number of imidazole rings is 1. The number of H-pyrrole nitrogens is 1. The molecule has 0 bridgehead atoms. The third kappa shape index (κ3) is 9.30. The fourth-order valence-corrected chi connectivity index (χ4v) is 0.992. The van der Waals surface area contributed by atoms with Gasteiger partial charge in [-0.3, -0.25) is 0 Å². The quantitative estimate of drug-likeness (QED) is 0.472. The lowest BCUT2D eigenvalue weighted by atomic mass is 10.3. The Kier molecular flexibility index (Phi) is 6.52. The van der Waals surface area contributed by atoms with Crippen molar-refractivity contribution in [3.8, 4) is 0 Å². The Balaban J connectivity index is 0.000000385. The van der Waals surface area contributed by atoms with Gasteiger partial charge >= 0.3 is 7.25 Å². The zero-order chi connectivity index (χ0) is 12.6. The number of nitrogens with zero attached hydrogens (tertiary/aromatic N) is 1. The summed E-state index contributed by atoms with van der Waals surface area (Å²) in [5.74, 6) is 0. The highest BCUT2D eigenvalue weighted by Gasteiger charge is 2.20. The van der Waals surface area contributed by atoms with Crippen molar-refractivity contribution >= 4 is 13.3 Å². The van der Waals surface area contributed by atoms with Crippen molar-refractivity contribution in [2.75, 3.05) is 0 Å². The highest BCUT2D eigenvalue weighted by Crippen LogP contribution is 2.06. The molecular formula is C9H15BF4N2. The molecule has 0 saturated carbocycles. The lowest BCUT2D eigenvalue weighted by Gasteiger charge is -1.94. The fourth-order valence-electron chi connectivity index (χ4n) is 0.992. The predicted molar refractivity (Wildman–Crippen MR) is 56.2 cm³/mol. The number of aryl methyl sites for hydroxylation is 1. The van der Waals surface area contributed by atoms with E-state index in [4.69, 9.17) is 0 Å². The van der Waals surface area contributed by atoms with Crippen LogP contribution in [-0.4, -0.2) is 12.2 Å². The summed E-state index contributed by atoms with van der Waals surface area (Å²) in [6.07, 6.45) is 8.35. The van der Waals surface area contributed by atoms with E-state index in [2.05, 4.69) is 29.3 Å². The summed E-state index contributed by atoms with van der Waals surface area (Å²) in [7, 11) is -6.00. The molecule has 0 aromatic carbocycles. The van der Waals surface area contributed by atoms with E-state index in [0.29, 0.717) is 0 Å². The number of aromatic nitrogens is 2. The van der Waals surface area contributed by atoms with E-state index in [1.807, 2.05) is 12.4 Å². The monoisotopic (exact) mass is 238 g/mol. The van der Waals surface area contributed by atoms with Crippen molar-refractivity contribution in [1.29, 1.82) is 0 Å². The molecule has 0 aliphatic rings. The van der Waals surface area contributed by atoms with Crippen LogP contribution in [0.15, 0.2) is 19.1 Å². The van der Waals surface area contributed by atoms with Gasteiger partial charge in [0.2, 0.25) is 6.33 Å². The van der Waals surface area contributed by atoms with E-state index < -0.39 is 7.25 Å². The molecular weight excluding hydrogens is 223 g/mol. The molecule has 1 aromatic rings. The molecule has 16 heavy (non-hydrogen) atoms. The third-order valence-corrected chi connectivity index (χ3v) is 1.69. The number of nitrogens with one attached hydrogen (secondary N) is 1. The molecule has 7 heteroatoms. The van der Waals surface area contributed by atoms with E-state index in [0.717, 1.165) is 12.2 Å². The first-order valence-electron chi connectivity index (χ1n) is 4.94. The minimum absolute atomic E-state index is 1.08. The molecule has 0 atom stereocenters. The molecule has 92 valence electrons. The van der Waals surface area contributed by atoms with Gasteiger partial charge in [-0.1, -0.05) is 19.9 Å². The van der Waals surface area contributed by atoms with Gasteiger partial charge in [-0.15, -0.1) is 0 Å². The Morgan fingerprint density at radius 1 is 1.44 bits per heavy atom. The Hall–Kier alpha value is -1.27. The standard InChI is InChI=1S/C9H14N2.BF4/c1-3-5-6-11-7-9(4-2)10-8-11;2-1(3,4)5/h4,7-8H,2-3,5-6H2,1H3;/q;-1/p+1. The van der Waals surface area contributed by atoms with Gasteiger partial charge in [-0.2, -0.15) is 0 Å². The second-order valence-electron chi connectivity index (χ2n) is 3.15. The minimum Gasteiger partial charge on any atom is -0.418 e. The maximum atomic E-state index is 9.75. The summed E-state index contributed by atoms with van der Waals surface area (Å²) in [5.41, 5.74) is 1.08. The summed E-state index contributed by atoms with van der Waals surface area (Å²) < 4.78 is 41.2. The van der Waals surface area contributed by atoms with E-state index in [1.165, 1.54) is 12.8 Å². The van der Waals surface area contributed by atoms with Crippen LogP contribution in [0.4, 0.5) is 17.3 Å². The Morgan fingerprint density at radius 2 is 2.00 bits per heavy atom. The summed E-state index contributed by atoms with van der Waals surface area (Å²) in [6, 6.07) is 0. The largest absolute Gasteiger partial charge is 0.673 e. The summed E-state index contributed by atoms with van der Waals surface area (Å²) in [6.45, 7) is 6.97. The van der Waals surface area contributed by atoms with Crippen molar-refractivity contribution in [3.63, 3.8) is 0 Å². The molecule has 0 spiro atoms. The molecule has 0 radical (unpaired) electrons. The Morgan fingerprint density at radius 3 is 2.38 bits per heavy atom. The molecule has 0 unspecified atom stereocenters. The maximum Gasteiger partial charge on any atom is 0.673 e. The van der Waals surface area contributed by atoms with Crippen LogP contribution >= 0.6 is 0 Å². The van der Waals surface area contributed by atoms with Crippen molar-refractivity contribution in [2.45, 2.75) is 26.3 Å². The van der Waals surface area contributed by atoms with Gasteiger partial charge in [0.25, 0.3) is 0 Å². The SMILES string of the molecule is C=Cc1c[n+](CCCC)c[nH]1.F[B-](F)(F)F. The number of unbranched alkanes of at least 4 members (excludes halogenated alkanes) is 1. The zero-order valence-electron chi connectivity index (χ0n) is 9.10. The second kappa shape index (κ2) is 7.08. The molecule has 2 nitrogen and oxygen atoms in total. The number of halogens is 4. The van der Waals surface area contributed by atoms with Gasteiger partial charge in [0.15, 0.2) is 5.69 Å². The van der Waals surface area contributed by atoms with Crippen LogP contribution in [0.1, 0.15) is 25.5 Å². The average Bonchev–Trinajstić information content (AvgIpc) is 2.59. The van der Waals surface area contributed by atoms with Gasteiger partial charge < -0.3 is 17.3 Å². The first kappa shape index (κ1) is 14.7. The molecule has 0 amide bonds. The van der Waals surface area contributed by atoms with Crippen LogP contribution in [0.25, 0.3) is 6.08 Å². The molecule has 1 rings (SSSR count). The fraction of sp³-hybridized carbons (Fsp3) is 0.444. The smallest absolute Gasteiger partial charge is 0.418 e. The number of hydrogen-bond acceptors (Lipinski definition) is 0. The van der Waals surface area contributed by atoms with Crippen LogP contribution in [0.3, 0.4) is 0 Å². The second-order valence-corrected chi connectivity index (χ2v) is 3.15. The van der Waals surface area contributed by atoms with Crippen molar-refractivity contribution in [3.05, 3.63) is 24.8 Å². The van der Waals surface area contributed by atoms with Crippen molar-refractivity contribution < 1.29 is 21.8 Å². The lowest BCUT2D eigenvalue weighted by Crippen LogP contribution is -2.30. The first-order chi connectivity index (χ1) is 7.36. The number of aromatic amines is 1. The number of hydrogen-bond donors (Lipinski definition) is 1. The zero-order valence-corrected chi connectivity index (χ0v) is 9.10. The van der Waals surface area contributed by atoms with Crippen LogP contribution in [0.5, 0.6) is 0 Å². The lowest BCUT2D eigenvalue weighted by molar-refractivity contribution is -0.696. The highest BCUT2D eigenvalue weighted by molar-refractivity contribution is 6.50. The third-order valence-electron chi connectivity index (χ3n) is 1.69. The van der Waals surface area contributed by atoms with E-state index in [-0.39, 0.29) is 0 Å². The van der Waals surface area contributed by atoms with Crippen LogP contribution < -0.4 is 4.57 Å². The van der Waals surface area contributed by atoms with Gasteiger partial charge in [-0.05, 0) is 12.5 Å². The molecule has 1 heterocycles. The Labute approximate surface area is 92.1 Å². The molecule has 0 saturated heterocycles. The van der Waals surface area contributed by atoms with Crippen LogP contribution in [-0.2, 0) is 6.54 Å².